The molecule has 2 aromatic carbocycles. The van der Waals surface area contributed by atoms with Gasteiger partial charge in [0.2, 0.25) is 5.95 Å². The first-order chi connectivity index (χ1) is 17.9. The van der Waals surface area contributed by atoms with Crippen molar-refractivity contribution < 1.29 is 27.1 Å². The summed E-state index contributed by atoms with van der Waals surface area (Å²) in [5.41, 5.74) is 2.26. The topological polar surface area (TPSA) is 132 Å². The van der Waals surface area contributed by atoms with E-state index in [0.717, 1.165) is 0 Å². The summed E-state index contributed by atoms with van der Waals surface area (Å²) >= 11 is 0. The van der Waals surface area contributed by atoms with Crippen LogP contribution in [-0.2, 0) is 9.84 Å². The molecule has 0 saturated carbocycles. The van der Waals surface area contributed by atoms with E-state index in [1.807, 2.05) is 0 Å². The van der Waals surface area contributed by atoms with E-state index in [0.29, 0.717) is 47.4 Å². The minimum absolute atomic E-state index is 0.00486. The van der Waals surface area contributed by atoms with Gasteiger partial charge in [0.25, 0.3) is 0 Å². The fourth-order valence-electron chi connectivity index (χ4n) is 3.85. The van der Waals surface area contributed by atoms with Crippen molar-refractivity contribution in [3.05, 3.63) is 73.0 Å². The molecule has 0 radical (unpaired) electrons. The van der Waals surface area contributed by atoms with Gasteiger partial charge < -0.3 is 19.6 Å². The standard InChI is InChI=1S/C25H22FN5O5S/c1-35-21-15-16(3-8-19(21)26)22-23(31-12-13-36-25(31)30-22)20-9-11-28-24(29-20)27-10-2-14-37(33,34)18-6-4-17(32)5-7-18/h3-9,11-13,15,32H,2,10,14H2,1H3,(H,27,28,29). The number of sulfone groups is 1. The van der Waals surface area contributed by atoms with Crippen molar-refractivity contribution in [2.45, 2.75) is 11.3 Å². The number of aromatic hydroxyl groups is 1. The Kier molecular flexibility index (Phi) is 6.49. The van der Waals surface area contributed by atoms with Crippen LogP contribution >= 0.6 is 0 Å². The quantitative estimate of drug-likeness (QED) is 0.273. The van der Waals surface area contributed by atoms with Gasteiger partial charge in [-0.05, 0) is 55.0 Å². The van der Waals surface area contributed by atoms with Crippen LogP contribution in [0.3, 0.4) is 0 Å². The van der Waals surface area contributed by atoms with E-state index in [9.17, 15) is 17.9 Å². The van der Waals surface area contributed by atoms with Crippen molar-refractivity contribution in [3.63, 3.8) is 0 Å². The van der Waals surface area contributed by atoms with E-state index in [1.165, 1.54) is 43.7 Å². The van der Waals surface area contributed by atoms with Gasteiger partial charge in [0.15, 0.2) is 21.4 Å². The number of fused-ring (bicyclic) bond motifs is 1. The zero-order valence-electron chi connectivity index (χ0n) is 19.6. The van der Waals surface area contributed by atoms with Crippen LogP contribution in [0.25, 0.3) is 28.5 Å². The van der Waals surface area contributed by atoms with Crippen molar-refractivity contribution in [2.24, 2.45) is 0 Å². The number of halogens is 1. The van der Waals surface area contributed by atoms with Gasteiger partial charge in [-0.2, -0.15) is 4.98 Å². The van der Waals surface area contributed by atoms with Gasteiger partial charge in [-0.25, -0.2) is 22.8 Å². The summed E-state index contributed by atoms with van der Waals surface area (Å²) in [6.45, 7) is 0.316. The van der Waals surface area contributed by atoms with Crippen molar-refractivity contribution in [1.82, 2.24) is 19.4 Å². The molecule has 2 N–H and O–H groups in total. The maximum atomic E-state index is 14.0. The Labute approximate surface area is 211 Å². The molecule has 0 bridgehead atoms. The second-order valence-corrected chi connectivity index (χ2v) is 10.2. The third-order valence-corrected chi connectivity index (χ3v) is 7.47. The first-order valence-electron chi connectivity index (χ1n) is 11.2. The number of rotatable bonds is 9. The number of anilines is 1. The SMILES string of the molecule is COc1cc(-c2nc3occn3c2-c2ccnc(NCCCS(=O)(=O)c3ccc(O)cc3)n2)ccc1F. The maximum Gasteiger partial charge on any atom is 0.306 e. The number of methoxy groups -OCH3 is 1. The molecule has 10 nitrogen and oxygen atoms in total. The monoisotopic (exact) mass is 523 g/mol. The highest BCUT2D eigenvalue weighted by Gasteiger charge is 2.21. The lowest BCUT2D eigenvalue weighted by atomic mass is 10.1. The van der Waals surface area contributed by atoms with Gasteiger partial charge in [-0.1, -0.05) is 0 Å². The van der Waals surface area contributed by atoms with Crippen LogP contribution in [0.4, 0.5) is 10.3 Å². The molecule has 190 valence electrons. The summed E-state index contributed by atoms with van der Waals surface area (Å²) in [4.78, 5) is 13.5. The number of aromatic nitrogens is 4. The van der Waals surface area contributed by atoms with Crippen LogP contribution in [0.15, 0.2) is 76.5 Å². The van der Waals surface area contributed by atoms with Crippen LogP contribution < -0.4 is 10.1 Å². The molecule has 37 heavy (non-hydrogen) atoms. The van der Waals surface area contributed by atoms with Gasteiger partial charge in [-0.15, -0.1) is 0 Å². The molecule has 3 aromatic heterocycles. The minimum Gasteiger partial charge on any atom is -0.508 e. The number of imidazole rings is 1. The Hall–Kier alpha value is -4.45. The molecular weight excluding hydrogens is 501 g/mol. The molecule has 12 heteroatoms. The normalized spacial score (nSPS) is 11.6. The van der Waals surface area contributed by atoms with Crippen LogP contribution in [0.2, 0.25) is 0 Å². The molecule has 0 spiro atoms. The van der Waals surface area contributed by atoms with E-state index in [2.05, 4.69) is 20.3 Å². The summed E-state index contributed by atoms with van der Waals surface area (Å²) in [5, 5.41) is 12.4. The predicted octanol–water partition coefficient (Wildman–Crippen LogP) is 4.18. The summed E-state index contributed by atoms with van der Waals surface area (Å²) in [6.07, 6.45) is 5.09. The first kappa shape index (κ1) is 24.3. The van der Waals surface area contributed by atoms with Crippen molar-refractivity contribution >= 4 is 21.6 Å². The molecule has 0 aliphatic heterocycles. The molecule has 0 saturated heterocycles. The minimum atomic E-state index is -3.49. The predicted molar refractivity (Wildman–Crippen MR) is 134 cm³/mol. The van der Waals surface area contributed by atoms with Gasteiger partial charge in [0, 0.05) is 24.5 Å². The molecule has 0 aliphatic rings. The Bertz CT molecular complexity index is 1660. The Balaban J connectivity index is 1.36. The number of nitrogens with zero attached hydrogens (tertiary/aromatic N) is 4. The highest BCUT2D eigenvalue weighted by molar-refractivity contribution is 7.91. The van der Waals surface area contributed by atoms with E-state index < -0.39 is 15.7 Å². The smallest absolute Gasteiger partial charge is 0.306 e. The number of phenols is 1. The lowest BCUT2D eigenvalue weighted by Crippen LogP contribution is -2.13. The highest BCUT2D eigenvalue weighted by Crippen LogP contribution is 2.34. The molecule has 0 unspecified atom stereocenters. The molecule has 3 heterocycles. The lowest BCUT2D eigenvalue weighted by Gasteiger charge is -2.09. The van der Waals surface area contributed by atoms with Crippen molar-refractivity contribution in [3.8, 4) is 34.1 Å². The molecule has 5 aromatic rings. The van der Waals surface area contributed by atoms with E-state index in [1.54, 1.807) is 35.0 Å². The average Bonchev–Trinajstić information content (AvgIpc) is 3.49. The number of hydrogen-bond acceptors (Lipinski definition) is 9. The van der Waals surface area contributed by atoms with Crippen LogP contribution in [0, 0.1) is 5.82 Å². The zero-order chi connectivity index (χ0) is 26.0. The second kappa shape index (κ2) is 9.90. The Morgan fingerprint density at radius 2 is 1.95 bits per heavy atom. The van der Waals surface area contributed by atoms with E-state index >= 15 is 0 Å². The summed E-state index contributed by atoms with van der Waals surface area (Å²) in [6, 6.07) is 11.6. The highest BCUT2D eigenvalue weighted by atomic mass is 32.2. The largest absolute Gasteiger partial charge is 0.508 e. The van der Waals surface area contributed by atoms with Crippen LogP contribution in [0.1, 0.15) is 6.42 Å². The molecule has 0 fully saturated rings. The number of oxazole rings is 1. The lowest BCUT2D eigenvalue weighted by molar-refractivity contribution is 0.387. The number of benzene rings is 2. The third-order valence-electron chi connectivity index (χ3n) is 5.65. The Morgan fingerprint density at radius 3 is 2.73 bits per heavy atom. The van der Waals surface area contributed by atoms with Gasteiger partial charge in [-0.3, -0.25) is 4.40 Å². The van der Waals surface area contributed by atoms with Gasteiger partial charge in [0.1, 0.15) is 23.4 Å². The van der Waals surface area contributed by atoms with Crippen LogP contribution in [-0.4, -0.2) is 52.3 Å². The third kappa shape index (κ3) is 4.96. The number of phenolic OH excluding ortho intramolecular Hbond substituents is 1. The molecular formula is C25H22FN5O5S. The van der Waals surface area contributed by atoms with Crippen molar-refractivity contribution in [2.75, 3.05) is 24.7 Å². The van der Waals surface area contributed by atoms with Crippen LogP contribution in [0.5, 0.6) is 11.5 Å². The summed E-state index contributed by atoms with van der Waals surface area (Å²) < 4.78 is 51.3. The molecule has 0 atom stereocenters. The second-order valence-electron chi connectivity index (χ2n) is 8.07. The number of nitrogens with one attached hydrogen (secondary N) is 1. The molecule has 5 rings (SSSR count). The van der Waals surface area contributed by atoms with E-state index in [-0.39, 0.29) is 22.1 Å². The van der Waals surface area contributed by atoms with Crippen molar-refractivity contribution in [1.29, 1.82) is 0 Å². The fourth-order valence-corrected chi connectivity index (χ4v) is 5.16. The Morgan fingerprint density at radius 1 is 1.14 bits per heavy atom. The fraction of sp³-hybridized carbons (Fsp3) is 0.160. The zero-order valence-corrected chi connectivity index (χ0v) is 20.4. The molecule has 0 aliphatic carbocycles. The maximum absolute atomic E-state index is 14.0. The molecule has 0 amide bonds. The summed E-state index contributed by atoms with van der Waals surface area (Å²) in [5.74, 6) is 0.156. The van der Waals surface area contributed by atoms with Gasteiger partial charge in [0.05, 0.1) is 23.5 Å². The van der Waals surface area contributed by atoms with Gasteiger partial charge >= 0.3 is 5.84 Å². The number of hydrogen-bond donors (Lipinski definition) is 2. The average molecular weight is 524 g/mol. The first-order valence-corrected chi connectivity index (χ1v) is 12.9. The van der Waals surface area contributed by atoms with E-state index in [4.69, 9.17) is 9.15 Å². The number of ether oxygens (including phenoxy) is 1. The summed E-state index contributed by atoms with van der Waals surface area (Å²) in [7, 11) is -2.10.